The van der Waals surface area contributed by atoms with Crippen molar-refractivity contribution in [3.05, 3.63) is 96.3 Å². The van der Waals surface area contributed by atoms with E-state index in [4.69, 9.17) is 0 Å². The average Bonchev–Trinajstić information content (AvgIpc) is 2.74. The van der Waals surface area contributed by atoms with Gasteiger partial charge in [-0.15, -0.1) is 0 Å². The Morgan fingerprint density at radius 1 is 0.621 bits per heavy atom. The monoisotopic (exact) mass is 388 g/mol. The van der Waals surface area contributed by atoms with Gasteiger partial charge >= 0.3 is 0 Å². The molecule has 0 bridgehead atoms. The number of hydrogen-bond donors (Lipinski definition) is 0. The first-order valence-corrected chi connectivity index (χ1v) is 9.13. The zero-order valence-electron chi connectivity index (χ0n) is 16.0. The second kappa shape index (κ2) is 7.47. The highest BCUT2D eigenvalue weighted by molar-refractivity contribution is 5.60. The molecular weight excluding hydrogens is 370 g/mol. The smallest absolute Gasteiger partial charge is 0.222 e. The third-order valence-corrected chi connectivity index (χ3v) is 4.85. The lowest BCUT2D eigenvalue weighted by Gasteiger charge is -2.24. The summed E-state index contributed by atoms with van der Waals surface area (Å²) in [4.78, 5) is 16.7. The van der Waals surface area contributed by atoms with Crippen LogP contribution in [0, 0.1) is 11.9 Å². The van der Waals surface area contributed by atoms with Crippen LogP contribution in [0.3, 0.4) is 0 Å². The predicted molar refractivity (Wildman–Crippen MR) is 107 cm³/mol. The van der Waals surface area contributed by atoms with Gasteiger partial charge in [0.05, 0.1) is 33.9 Å². The van der Waals surface area contributed by atoms with E-state index in [2.05, 4.69) is 19.9 Å². The van der Waals surface area contributed by atoms with Gasteiger partial charge < -0.3 is 0 Å². The Morgan fingerprint density at radius 2 is 1.07 bits per heavy atom. The van der Waals surface area contributed by atoms with Gasteiger partial charge in [-0.3, -0.25) is 9.97 Å². The molecule has 4 rings (SSSR count). The van der Waals surface area contributed by atoms with Gasteiger partial charge in [0.25, 0.3) is 0 Å². The van der Waals surface area contributed by atoms with E-state index < -0.39 is 17.3 Å². The van der Waals surface area contributed by atoms with Crippen molar-refractivity contribution in [2.75, 3.05) is 0 Å². The summed E-state index contributed by atoms with van der Waals surface area (Å²) in [6.45, 7) is 3.95. The van der Waals surface area contributed by atoms with E-state index in [1.54, 1.807) is 36.4 Å². The Balaban J connectivity index is 1.77. The van der Waals surface area contributed by atoms with Crippen LogP contribution in [0.2, 0.25) is 0 Å². The molecule has 0 aliphatic carbocycles. The number of halogens is 2. The molecule has 0 atom stereocenters. The summed E-state index contributed by atoms with van der Waals surface area (Å²) >= 11 is 0. The number of hydrogen-bond acceptors (Lipinski definition) is 4. The molecule has 0 saturated carbocycles. The number of aromatic nitrogens is 4. The molecule has 4 nitrogen and oxygen atoms in total. The maximum atomic E-state index is 14.1. The van der Waals surface area contributed by atoms with Crippen LogP contribution < -0.4 is 0 Å². The van der Waals surface area contributed by atoms with Crippen molar-refractivity contribution >= 4 is 0 Å². The molecule has 0 aliphatic rings. The van der Waals surface area contributed by atoms with Crippen molar-refractivity contribution in [2.24, 2.45) is 0 Å². The van der Waals surface area contributed by atoms with Gasteiger partial charge in [-0.1, -0.05) is 12.1 Å². The first-order valence-electron chi connectivity index (χ1n) is 9.13. The maximum absolute atomic E-state index is 14.1. The lowest BCUT2D eigenvalue weighted by Crippen LogP contribution is -2.22. The van der Waals surface area contributed by atoms with Gasteiger partial charge in [0.1, 0.15) is 0 Å². The van der Waals surface area contributed by atoms with E-state index >= 15 is 0 Å². The fourth-order valence-corrected chi connectivity index (χ4v) is 3.15. The molecule has 0 fully saturated rings. The van der Waals surface area contributed by atoms with E-state index in [-0.39, 0.29) is 0 Å². The van der Waals surface area contributed by atoms with E-state index in [0.29, 0.717) is 22.5 Å². The van der Waals surface area contributed by atoms with Gasteiger partial charge in [0.2, 0.25) is 11.9 Å². The van der Waals surface area contributed by atoms with Crippen molar-refractivity contribution in [2.45, 2.75) is 19.3 Å². The van der Waals surface area contributed by atoms with Crippen LogP contribution in [-0.2, 0) is 5.41 Å². The molecule has 0 aliphatic heterocycles. The van der Waals surface area contributed by atoms with E-state index in [1.165, 1.54) is 12.4 Å². The van der Waals surface area contributed by atoms with E-state index in [1.807, 2.05) is 38.1 Å². The minimum Gasteiger partial charge on any atom is -0.252 e. The summed E-state index contributed by atoms with van der Waals surface area (Å²) in [6, 6.07) is 17.5. The van der Waals surface area contributed by atoms with Gasteiger partial charge in [-0.05, 0) is 62.4 Å². The van der Waals surface area contributed by atoms with Crippen LogP contribution in [0.5, 0.6) is 0 Å². The zero-order chi connectivity index (χ0) is 20.4. The standard InChI is InChI=1S/C23H18F2N4/c1-23(2,19-11-3-9-17(28-19)15-7-5-13-26-21(15)24)20-12-4-10-18(29-20)16-8-6-14-27-22(16)25/h3-14H,1-2H3. The number of rotatable bonds is 4. The summed E-state index contributed by atoms with van der Waals surface area (Å²) in [6.07, 6.45) is 2.80. The van der Waals surface area contributed by atoms with Gasteiger partial charge in [-0.2, -0.15) is 8.78 Å². The fourth-order valence-electron chi connectivity index (χ4n) is 3.15. The van der Waals surface area contributed by atoms with Gasteiger partial charge in [0.15, 0.2) is 0 Å². The Kier molecular flexibility index (Phi) is 4.84. The third-order valence-electron chi connectivity index (χ3n) is 4.85. The first-order chi connectivity index (χ1) is 14.0. The number of nitrogens with zero attached hydrogens (tertiary/aromatic N) is 4. The van der Waals surface area contributed by atoms with Crippen molar-refractivity contribution in [1.82, 2.24) is 19.9 Å². The summed E-state index contributed by atoms with van der Waals surface area (Å²) in [5, 5.41) is 0. The third kappa shape index (κ3) is 3.61. The van der Waals surface area contributed by atoms with Crippen molar-refractivity contribution in [3.8, 4) is 22.5 Å². The maximum Gasteiger partial charge on any atom is 0.222 e. The topological polar surface area (TPSA) is 51.6 Å². The highest BCUT2D eigenvalue weighted by atomic mass is 19.1. The molecule has 4 aromatic heterocycles. The Bertz CT molecular complexity index is 1080. The van der Waals surface area contributed by atoms with Crippen LogP contribution in [0.1, 0.15) is 25.2 Å². The highest BCUT2D eigenvalue weighted by Crippen LogP contribution is 2.32. The zero-order valence-corrected chi connectivity index (χ0v) is 16.0. The normalized spacial score (nSPS) is 11.4. The molecule has 0 aromatic carbocycles. The summed E-state index contributed by atoms with van der Waals surface area (Å²) in [5.41, 5.74) is 2.51. The molecule has 0 N–H and O–H groups in total. The fraction of sp³-hybridized carbons (Fsp3) is 0.130. The molecule has 6 heteroatoms. The van der Waals surface area contributed by atoms with Gasteiger partial charge in [-0.25, -0.2) is 9.97 Å². The molecule has 0 radical (unpaired) electrons. The largest absolute Gasteiger partial charge is 0.252 e. The van der Waals surface area contributed by atoms with Gasteiger partial charge in [0, 0.05) is 17.8 Å². The molecular formula is C23H18F2N4. The second-order valence-corrected chi connectivity index (χ2v) is 7.12. The highest BCUT2D eigenvalue weighted by Gasteiger charge is 2.27. The Hall–Kier alpha value is -3.54. The average molecular weight is 388 g/mol. The van der Waals surface area contributed by atoms with Crippen LogP contribution in [-0.4, -0.2) is 19.9 Å². The minimum absolute atomic E-state index is 0.337. The SMILES string of the molecule is CC(C)(c1cccc(-c2cccnc2F)n1)c1cccc(-c2cccnc2F)n1. The molecule has 144 valence electrons. The first kappa shape index (κ1) is 18.8. The molecule has 29 heavy (non-hydrogen) atoms. The molecule has 0 amide bonds. The number of pyridine rings is 4. The lowest BCUT2D eigenvalue weighted by molar-refractivity contribution is 0.581. The second-order valence-electron chi connectivity index (χ2n) is 7.12. The lowest BCUT2D eigenvalue weighted by atomic mass is 9.84. The van der Waals surface area contributed by atoms with Crippen molar-refractivity contribution in [3.63, 3.8) is 0 Å². The van der Waals surface area contributed by atoms with Crippen LogP contribution in [0.15, 0.2) is 73.1 Å². The molecule has 4 aromatic rings. The summed E-state index contributed by atoms with van der Waals surface area (Å²) in [7, 11) is 0. The summed E-state index contributed by atoms with van der Waals surface area (Å²) < 4.78 is 28.2. The molecule has 0 spiro atoms. The molecule has 4 heterocycles. The Labute approximate surface area is 167 Å². The van der Waals surface area contributed by atoms with Crippen LogP contribution in [0.4, 0.5) is 8.78 Å². The molecule has 0 unspecified atom stereocenters. The van der Waals surface area contributed by atoms with E-state index in [9.17, 15) is 8.78 Å². The van der Waals surface area contributed by atoms with Crippen LogP contribution in [0.25, 0.3) is 22.5 Å². The Morgan fingerprint density at radius 3 is 1.48 bits per heavy atom. The predicted octanol–water partition coefficient (Wildman–Crippen LogP) is 5.20. The van der Waals surface area contributed by atoms with Crippen molar-refractivity contribution < 1.29 is 8.78 Å². The van der Waals surface area contributed by atoms with Crippen molar-refractivity contribution in [1.29, 1.82) is 0 Å². The quantitative estimate of drug-likeness (QED) is 0.451. The minimum atomic E-state index is -0.594. The van der Waals surface area contributed by atoms with E-state index in [0.717, 1.165) is 11.4 Å². The van der Waals surface area contributed by atoms with Crippen LogP contribution >= 0.6 is 0 Å². The molecule has 0 saturated heterocycles. The summed E-state index contributed by atoms with van der Waals surface area (Å²) in [5.74, 6) is -1.13.